The average Bonchev–Trinajstić information content (AvgIpc) is 2.31. The summed E-state index contributed by atoms with van der Waals surface area (Å²) in [6, 6.07) is 0.0847. The Morgan fingerprint density at radius 1 is 1.44 bits per heavy atom. The molecule has 1 atom stereocenters. The van der Waals surface area contributed by atoms with Gasteiger partial charge in [0.05, 0.1) is 18.1 Å². The van der Waals surface area contributed by atoms with Gasteiger partial charge in [-0.05, 0) is 19.8 Å². The van der Waals surface area contributed by atoms with Crippen LogP contribution < -0.4 is 5.73 Å². The number of hydrogen-bond donors (Lipinski definition) is 1. The van der Waals surface area contributed by atoms with E-state index in [1.165, 1.54) is 0 Å². The largest absolute Gasteiger partial charge is 0.383 e. The second-order valence-corrected chi connectivity index (χ2v) is 4.41. The van der Waals surface area contributed by atoms with E-state index in [9.17, 15) is 4.79 Å². The number of ether oxygens (including phenoxy) is 1. The lowest BCUT2D eigenvalue weighted by Gasteiger charge is -2.36. The molecule has 0 aliphatic heterocycles. The first-order valence-corrected chi connectivity index (χ1v) is 5.95. The fourth-order valence-corrected chi connectivity index (χ4v) is 1.86. The van der Waals surface area contributed by atoms with Crippen molar-refractivity contribution in [3.63, 3.8) is 0 Å². The zero-order valence-electron chi connectivity index (χ0n) is 11.2. The van der Waals surface area contributed by atoms with Gasteiger partial charge in [0.1, 0.15) is 0 Å². The van der Waals surface area contributed by atoms with Crippen molar-refractivity contribution in [1.82, 2.24) is 4.90 Å². The number of carbonyl (C=O) groups is 1. The lowest BCUT2D eigenvalue weighted by Crippen LogP contribution is -2.49. The quantitative estimate of drug-likeness (QED) is 0.716. The first-order chi connectivity index (χ1) is 7.48. The Hall–Kier alpha value is -0.610. The van der Waals surface area contributed by atoms with Crippen LogP contribution in [-0.4, -0.2) is 44.2 Å². The van der Waals surface area contributed by atoms with Crippen molar-refractivity contribution in [2.75, 3.05) is 27.3 Å². The Bertz CT molecular complexity index is 207. The highest BCUT2D eigenvalue weighted by Gasteiger charge is 2.36. The SMILES string of the molecule is CCC(CC)(CN)C(=O)N(C)C(C)COC. The van der Waals surface area contributed by atoms with E-state index < -0.39 is 5.41 Å². The summed E-state index contributed by atoms with van der Waals surface area (Å²) in [5, 5.41) is 0. The molecule has 0 heterocycles. The Kier molecular flexibility index (Phi) is 6.60. The summed E-state index contributed by atoms with van der Waals surface area (Å²) in [6.07, 6.45) is 1.56. The second kappa shape index (κ2) is 6.86. The lowest BCUT2D eigenvalue weighted by atomic mass is 9.81. The van der Waals surface area contributed by atoms with Crippen molar-refractivity contribution in [3.05, 3.63) is 0 Å². The van der Waals surface area contributed by atoms with Gasteiger partial charge in [0, 0.05) is 20.7 Å². The Balaban J connectivity index is 4.73. The molecular formula is C12H26N2O2. The minimum atomic E-state index is -0.406. The third kappa shape index (κ3) is 3.19. The highest BCUT2D eigenvalue weighted by molar-refractivity contribution is 5.83. The van der Waals surface area contributed by atoms with Crippen molar-refractivity contribution >= 4 is 5.91 Å². The monoisotopic (exact) mass is 230 g/mol. The van der Waals surface area contributed by atoms with Crippen LogP contribution >= 0.6 is 0 Å². The topological polar surface area (TPSA) is 55.6 Å². The highest BCUT2D eigenvalue weighted by atomic mass is 16.5. The summed E-state index contributed by atoms with van der Waals surface area (Å²) in [4.78, 5) is 14.1. The minimum absolute atomic E-state index is 0.0847. The molecule has 1 unspecified atom stereocenters. The molecule has 16 heavy (non-hydrogen) atoms. The predicted octanol–water partition coefficient (Wildman–Crippen LogP) is 1.24. The van der Waals surface area contributed by atoms with Gasteiger partial charge in [0.2, 0.25) is 5.91 Å². The van der Waals surface area contributed by atoms with Crippen molar-refractivity contribution in [3.8, 4) is 0 Å². The number of rotatable bonds is 7. The molecule has 0 aliphatic rings. The van der Waals surface area contributed by atoms with E-state index in [1.807, 2.05) is 27.8 Å². The summed E-state index contributed by atoms with van der Waals surface area (Å²) >= 11 is 0. The van der Waals surface area contributed by atoms with Crippen LogP contribution in [0, 0.1) is 5.41 Å². The number of hydrogen-bond acceptors (Lipinski definition) is 3. The molecule has 0 aromatic carbocycles. The van der Waals surface area contributed by atoms with E-state index in [0.717, 1.165) is 12.8 Å². The maximum absolute atomic E-state index is 12.4. The number of nitrogens with zero attached hydrogens (tertiary/aromatic N) is 1. The molecule has 4 heteroatoms. The molecule has 0 rings (SSSR count). The van der Waals surface area contributed by atoms with E-state index in [-0.39, 0.29) is 11.9 Å². The first kappa shape index (κ1) is 15.4. The van der Waals surface area contributed by atoms with Crippen LogP contribution in [0.5, 0.6) is 0 Å². The van der Waals surface area contributed by atoms with Gasteiger partial charge in [-0.2, -0.15) is 0 Å². The van der Waals surface area contributed by atoms with Crippen molar-refractivity contribution in [2.45, 2.75) is 39.7 Å². The number of amides is 1. The highest BCUT2D eigenvalue weighted by Crippen LogP contribution is 2.27. The number of likely N-dealkylation sites (N-methyl/N-ethyl adjacent to an activating group) is 1. The third-order valence-corrected chi connectivity index (χ3v) is 3.59. The Morgan fingerprint density at radius 3 is 2.25 bits per heavy atom. The summed E-state index contributed by atoms with van der Waals surface area (Å²) in [5.74, 6) is 0.129. The summed E-state index contributed by atoms with van der Waals surface area (Å²) in [5.41, 5.74) is 5.36. The van der Waals surface area contributed by atoms with Crippen LogP contribution in [0.25, 0.3) is 0 Å². The Labute approximate surface area is 99.1 Å². The maximum atomic E-state index is 12.4. The smallest absolute Gasteiger partial charge is 0.230 e. The summed E-state index contributed by atoms with van der Waals surface area (Å²) in [7, 11) is 3.46. The number of carbonyl (C=O) groups excluding carboxylic acids is 1. The van der Waals surface area contributed by atoms with Crippen LogP contribution in [-0.2, 0) is 9.53 Å². The average molecular weight is 230 g/mol. The molecule has 0 bridgehead atoms. The molecule has 0 saturated carbocycles. The zero-order valence-corrected chi connectivity index (χ0v) is 11.2. The van der Waals surface area contributed by atoms with Crippen LogP contribution in [0.15, 0.2) is 0 Å². The number of nitrogens with two attached hydrogens (primary N) is 1. The molecule has 0 radical (unpaired) electrons. The second-order valence-electron chi connectivity index (χ2n) is 4.41. The van der Waals surface area contributed by atoms with Gasteiger partial charge in [-0.1, -0.05) is 13.8 Å². The molecule has 4 nitrogen and oxygen atoms in total. The minimum Gasteiger partial charge on any atom is -0.383 e. The lowest BCUT2D eigenvalue weighted by molar-refractivity contribution is -0.143. The van der Waals surface area contributed by atoms with Crippen LogP contribution in [0.1, 0.15) is 33.6 Å². The molecule has 0 spiro atoms. The van der Waals surface area contributed by atoms with Gasteiger partial charge in [-0.15, -0.1) is 0 Å². The van der Waals surface area contributed by atoms with E-state index in [4.69, 9.17) is 10.5 Å². The van der Waals surface area contributed by atoms with Gasteiger partial charge in [-0.3, -0.25) is 4.79 Å². The summed E-state index contributed by atoms with van der Waals surface area (Å²) in [6.45, 7) is 6.97. The van der Waals surface area contributed by atoms with Gasteiger partial charge in [0.25, 0.3) is 0 Å². The van der Waals surface area contributed by atoms with Crippen molar-refractivity contribution in [2.24, 2.45) is 11.1 Å². The van der Waals surface area contributed by atoms with Crippen LogP contribution in [0.2, 0.25) is 0 Å². The number of methoxy groups -OCH3 is 1. The molecule has 96 valence electrons. The first-order valence-electron chi connectivity index (χ1n) is 5.95. The molecule has 0 aromatic heterocycles. The molecule has 0 saturated heterocycles. The summed E-state index contributed by atoms with van der Waals surface area (Å²) < 4.78 is 5.06. The molecule has 1 amide bonds. The normalized spacial score (nSPS) is 13.6. The molecule has 0 fully saturated rings. The van der Waals surface area contributed by atoms with Crippen molar-refractivity contribution < 1.29 is 9.53 Å². The third-order valence-electron chi connectivity index (χ3n) is 3.59. The fourth-order valence-electron chi connectivity index (χ4n) is 1.86. The molecule has 0 aromatic rings. The van der Waals surface area contributed by atoms with E-state index in [0.29, 0.717) is 13.2 Å². The molecular weight excluding hydrogens is 204 g/mol. The van der Waals surface area contributed by atoms with Gasteiger partial charge in [-0.25, -0.2) is 0 Å². The maximum Gasteiger partial charge on any atom is 0.230 e. The zero-order chi connectivity index (χ0) is 12.8. The van der Waals surface area contributed by atoms with Gasteiger partial charge in [0.15, 0.2) is 0 Å². The van der Waals surface area contributed by atoms with E-state index >= 15 is 0 Å². The van der Waals surface area contributed by atoms with Crippen LogP contribution in [0.3, 0.4) is 0 Å². The van der Waals surface area contributed by atoms with Crippen LogP contribution in [0.4, 0.5) is 0 Å². The predicted molar refractivity (Wildman–Crippen MR) is 66.2 cm³/mol. The van der Waals surface area contributed by atoms with Crippen molar-refractivity contribution in [1.29, 1.82) is 0 Å². The molecule has 2 N–H and O–H groups in total. The van der Waals surface area contributed by atoms with Gasteiger partial charge >= 0.3 is 0 Å². The van der Waals surface area contributed by atoms with E-state index in [1.54, 1.807) is 12.0 Å². The fraction of sp³-hybridized carbons (Fsp3) is 0.917. The van der Waals surface area contributed by atoms with E-state index in [2.05, 4.69) is 0 Å². The van der Waals surface area contributed by atoms with Gasteiger partial charge < -0.3 is 15.4 Å². The Morgan fingerprint density at radius 2 is 1.94 bits per heavy atom. The standard InChI is InChI=1S/C12H26N2O2/c1-6-12(7-2,9-13)11(15)14(4)10(3)8-16-5/h10H,6-9,13H2,1-5H3. The molecule has 0 aliphatic carbocycles.